The molecular weight excluding hydrogens is 272 g/mol. The second kappa shape index (κ2) is 6.13. The summed E-state index contributed by atoms with van der Waals surface area (Å²) in [7, 11) is 0. The number of primary amides is 1. The maximum atomic E-state index is 12.1. The third-order valence-corrected chi connectivity index (χ3v) is 3.28. The van der Waals surface area contributed by atoms with E-state index in [0.717, 1.165) is 0 Å². The van der Waals surface area contributed by atoms with Crippen LogP contribution in [0.5, 0.6) is 5.75 Å². The Balaban J connectivity index is 1.87. The molecule has 6 heteroatoms. The van der Waals surface area contributed by atoms with Crippen molar-refractivity contribution in [3.8, 4) is 5.75 Å². The van der Waals surface area contributed by atoms with Crippen molar-refractivity contribution in [2.75, 3.05) is 26.3 Å². The van der Waals surface area contributed by atoms with E-state index in [0.29, 0.717) is 31.0 Å². The van der Waals surface area contributed by atoms with Gasteiger partial charge in [0, 0.05) is 18.7 Å². The zero-order valence-corrected chi connectivity index (χ0v) is 12.3. The van der Waals surface area contributed by atoms with Gasteiger partial charge in [-0.3, -0.25) is 9.59 Å². The zero-order valence-electron chi connectivity index (χ0n) is 12.3. The monoisotopic (exact) mass is 292 g/mol. The van der Waals surface area contributed by atoms with E-state index in [1.165, 1.54) is 0 Å². The van der Waals surface area contributed by atoms with Crippen molar-refractivity contribution < 1.29 is 19.1 Å². The van der Waals surface area contributed by atoms with Crippen LogP contribution >= 0.6 is 0 Å². The summed E-state index contributed by atoms with van der Waals surface area (Å²) in [5, 5.41) is 0. The maximum absolute atomic E-state index is 12.1. The molecule has 0 aromatic heterocycles. The number of hydrogen-bond acceptors (Lipinski definition) is 4. The van der Waals surface area contributed by atoms with E-state index in [-0.39, 0.29) is 18.1 Å². The minimum absolute atomic E-state index is 0.0357. The van der Waals surface area contributed by atoms with E-state index in [1.807, 2.05) is 13.8 Å². The lowest BCUT2D eigenvalue weighted by Crippen LogP contribution is -2.51. The third-order valence-electron chi connectivity index (χ3n) is 3.28. The van der Waals surface area contributed by atoms with Gasteiger partial charge in [-0.2, -0.15) is 0 Å². The van der Waals surface area contributed by atoms with Crippen molar-refractivity contribution in [3.63, 3.8) is 0 Å². The zero-order chi connectivity index (χ0) is 15.5. The number of carbonyl (C=O) groups excluding carboxylic acids is 2. The van der Waals surface area contributed by atoms with Crippen molar-refractivity contribution in [3.05, 3.63) is 29.8 Å². The average Bonchev–Trinajstić information content (AvgIpc) is 2.44. The Bertz CT molecular complexity index is 525. The molecule has 6 nitrogen and oxygen atoms in total. The van der Waals surface area contributed by atoms with E-state index in [4.69, 9.17) is 15.2 Å². The molecule has 2 N–H and O–H groups in total. The predicted molar refractivity (Wildman–Crippen MR) is 77.1 cm³/mol. The summed E-state index contributed by atoms with van der Waals surface area (Å²) in [6.07, 6.45) is 0. The SMILES string of the molecule is CC1(C)CN(C(=O)COc2ccc(C(N)=O)cc2)CCO1. The van der Waals surface area contributed by atoms with Gasteiger partial charge in [0.2, 0.25) is 5.91 Å². The molecule has 114 valence electrons. The first kappa shape index (κ1) is 15.3. The van der Waals surface area contributed by atoms with Crippen molar-refractivity contribution in [2.24, 2.45) is 5.73 Å². The van der Waals surface area contributed by atoms with Crippen molar-refractivity contribution in [2.45, 2.75) is 19.4 Å². The highest BCUT2D eigenvalue weighted by Crippen LogP contribution is 2.17. The maximum Gasteiger partial charge on any atom is 0.260 e. The van der Waals surface area contributed by atoms with Crippen LogP contribution in [-0.2, 0) is 9.53 Å². The van der Waals surface area contributed by atoms with Gasteiger partial charge in [-0.25, -0.2) is 0 Å². The molecule has 1 fully saturated rings. The second-order valence-electron chi connectivity index (χ2n) is 5.60. The number of hydrogen-bond donors (Lipinski definition) is 1. The van der Waals surface area contributed by atoms with Crippen LogP contribution in [0.1, 0.15) is 24.2 Å². The molecule has 0 radical (unpaired) electrons. The lowest BCUT2D eigenvalue weighted by molar-refractivity contribution is -0.147. The van der Waals surface area contributed by atoms with Gasteiger partial charge in [-0.05, 0) is 38.1 Å². The fourth-order valence-electron chi connectivity index (χ4n) is 2.18. The third kappa shape index (κ3) is 4.19. The highest BCUT2D eigenvalue weighted by atomic mass is 16.5. The van der Waals surface area contributed by atoms with Gasteiger partial charge in [-0.1, -0.05) is 0 Å². The van der Waals surface area contributed by atoms with Gasteiger partial charge in [-0.15, -0.1) is 0 Å². The van der Waals surface area contributed by atoms with Crippen LogP contribution in [0.3, 0.4) is 0 Å². The molecule has 0 bridgehead atoms. The highest BCUT2D eigenvalue weighted by molar-refractivity contribution is 5.92. The van der Waals surface area contributed by atoms with Crippen LogP contribution in [0.4, 0.5) is 0 Å². The predicted octanol–water partition coefficient (Wildman–Crippen LogP) is 0.802. The normalized spacial score (nSPS) is 17.3. The summed E-state index contributed by atoms with van der Waals surface area (Å²) >= 11 is 0. The quantitative estimate of drug-likeness (QED) is 0.890. The molecule has 0 unspecified atom stereocenters. The van der Waals surface area contributed by atoms with Crippen LogP contribution in [0.25, 0.3) is 0 Å². The number of rotatable bonds is 4. The first-order chi connectivity index (χ1) is 9.87. The Hall–Kier alpha value is -2.08. The van der Waals surface area contributed by atoms with Gasteiger partial charge in [0.15, 0.2) is 6.61 Å². The van der Waals surface area contributed by atoms with Gasteiger partial charge in [0.25, 0.3) is 5.91 Å². The molecule has 1 saturated heterocycles. The summed E-state index contributed by atoms with van der Waals surface area (Å²) in [5.74, 6) is -0.0422. The largest absolute Gasteiger partial charge is 0.484 e. The van der Waals surface area contributed by atoms with Gasteiger partial charge in [0.1, 0.15) is 5.75 Å². The molecule has 21 heavy (non-hydrogen) atoms. The molecule has 0 spiro atoms. The second-order valence-corrected chi connectivity index (χ2v) is 5.60. The molecule has 1 heterocycles. The average molecular weight is 292 g/mol. The Morgan fingerprint density at radius 3 is 2.57 bits per heavy atom. The summed E-state index contributed by atoms with van der Waals surface area (Å²) < 4.78 is 11.0. The smallest absolute Gasteiger partial charge is 0.260 e. The van der Waals surface area contributed by atoms with Crippen molar-refractivity contribution >= 4 is 11.8 Å². The van der Waals surface area contributed by atoms with E-state index >= 15 is 0 Å². The fourth-order valence-corrected chi connectivity index (χ4v) is 2.18. The van der Waals surface area contributed by atoms with E-state index in [9.17, 15) is 9.59 Å². The Morgan fingerprint density at radius 2 is 2.00 bits per heavy atom. The van der Waals surface area contributed by atoms with Crippen LogP contribution in [0.2, 0.25) is 0 Å². The minimum Gasteiger partial charge on any atom is -0.484 e. The number of amides is 2. The van der Waals surface area contributed by atoms with Crippen LogP contribution in [-0.4, -0.2) is 48.6 Å². The summed E-state index contributed by atoms with van der Waals surface area (Å²) in [5.41, 5.74) is 5.24. The van der Waals surface area contributed by atoms with Gasteiger partial charge >= 0.3 is 0 Å². The molecule has 1 aliphatic heterocycles. The summed E-state index contributed by atoms with van der Waals surface area (Å²) in [6.45, 7) is 5.53. The molecule has 2 amide bonds. The number of nitrogens with two attached hydrogens (primary N) is 1. The van der Waals surface area contributed by atoms with E-state index < -0.39 is 5.91 Å². The molecule has 1 aliphatic rings. The Morgan fingerprint density at radius 1 is 1.33 bits per heavy atom. The van der Waals surface area contributed by atoms with Crippen LogP contribution < -0.4 is 10.5 Å². The standard InChI is InChI=1S/C15H20N2O4/c1-15(2)10-17(7-8-21-15)13(18)9-20-12-5-3-11(4-6-12)14(16)19/h3-6H,7-10H2,1-2H3,(H2,16,19). The number of nitrogens with zero attached hydrogens (tertiary/aromatic N) is 1. The number of morpholine rings is 1. The molecule has 2 rings (SSSR count). The van der Waals surface area contributed by atoms with Crippen molar-refractivity contribution in [1.82, 2.24) is 4.90 Å². The fraction of sp³-hybridized carbons (Fsp3) is 0.467. The first-order valence-electron chi connectivity index (χ1n) is 6.82. The van der Waals surface area contributed by atoms with Gasteiger partial charge < -0.3 is 20.1 Å². The number of carbonyl (C=O) groups is 2. The minimum atomic E-state index is -0.492. The Kier molecular flexibility index (Phi) is 4.47. The topological polar surface area (TPSA) is 81.9 Å². The lowest BCUT2D eigenvalue weighted by atomic mass is 10.1. The molecule has 0 aliphatic carbocycles. The molecule has 0 saturated carbocycles. The lowest BCUT2D eigenvalue weighted by Gasteiger charge is -2.38. The number of ether oxygens (including phenoxy) is 2. The summed E-state index contributed by atoms with van der Waals surface area (Å²) in [6, 6.07) is 6.38. The number of benzene rings is 1. The molecule has 1 aromatic rings. The van der Waals surface area contributed by atoms with E-state index in [1.54, 1.807) is 29.2 Å². The molecule has 1 aromatic carbocycles. The Labute approximate surface area is 123 Å². The van der Waals surface area contributed by atoms with Crippen LogP contribution in [0.15, 0.2) is 24.3 Å². The van der Waals surface area contributed by atoms with Crippen LogP contribution in [0, 0.1) is 0 Å². The van der Waals surface area contributed by atoms with Crippen molar-refractivity contribution in [1.29, 1.82) is 0 Å². The van der Waals surface area contributed by atoms with Gasteiger partial charge in [0.05, 0.1) is 12.2 Å². The van der Waals surface area contributed by atoms with E-state index in [2.05, 4.69) is 0 Å². The highest BCUT2D eigenvalue weighted by Gasteiger charge is 2.29. The first-order valence-corrected chi connectivity index (χ1v) is 6.82. The molecule has 0 atom stereocenters. The summed E-state index contributed by atoms with van der Waals surface area (Å²) in [4.78, 5) is 24.8. The molecular formula is C15H20N2O4.